The number of carbonyl (C=O) groups is 1. The molecule has 9 heteroatoms. The Kier molecular flexibility index (Phi) is 4.69. The summed E-state index contributed by atoms with van der Waals surface area (Å²) in [5.74, 6) is -0.560. The molecule has 0 bridgehead atoms. The van der Waals surface area contributed by atoms with Crippen molar-refractivity contribution in [2.45, 2.75) is 18.7 Å². The number of halogens is 1. The predicted octanol–water partition coefficient (Wildman–Crippen LogP) is 1.42. The third-order valence-corrected chi connectivity index (χ3v) is 5.32. The van der Waals surface area contributed by atoms with Crippen LogP contribution in [0.1, 0.15) is 21.7 Å². The van der Waals surface area contributed by atoms with Gasteiger partial charge in [0.2, 0.25) is 0 Å². The van der Waals surface area contributed by atoms with Gasteiger partial charge in [0.1, 0.15) is 4.90 Å². The summed E-state index contributed by atoms with van der Waals surface area (Å²) in [6.07, 6.45) is 0. The Hall–Kier alpha value is -1.71. The standard InChI is InChI=1S/C13H15BrN4O3S/c1-8-12(9(2)18(3)16-8)22(20,21)17-15-13(19)10-6-4-5-7-11(10)14/h4-7,17H,1-3H3,(H,15,19). The summed E-state index contributed by atoms with van der Waals surface area (Å²) in [5.41, 5.74) is 3.37. The Morgan fingerprint density at radius 1 is 1.27 bits per heavy atom. The first kappa shape index (κ1) is 16.7. The van der Waals surface area contributed by atoms with E-state index in [1.165, 1.54) is 4.68 Å². The summed E-state index contributed by atoms with van der Waals surface area (Å²) in [4.78, 5) is 14.2. The van der Waals surface area contributed by atoms with E-state index in [0.29, 0.717) is 21.4 Å². The average molecular weight is 387 g/mol. The lowest BCUT2D eigenvalue weighted by Gasteiger charge is -2.09. The number of sulfonamides is 1. The fourth-order valence-electron chi connectivity index (χ4n) is 2.02. The van der Waals surface area contributed by atoms with Gasteiger partial charge in [0.15, 0.2) is 0 Å². The van der Waals surface area contributed by atoms with Crippen molar-refractivity contribution in [2.24, 2.45) is 7.05 Å². The lowest BCUT2D eigenvalue weighted by Crippen LogP contribution is -2.42. The summed E-state index contributed by atoms with van der Waals surface area (Å²) in [5, 5.41) is 4.05. The van der Waals surface area contributed by atoms with E-state index in [0.717, 1.165) is 0 Å². The molecule has 0 atom stereocenters. The lowest BCUT2D eigenvalue weighted by molar-refractivity contribution is 0.0944. The first-order valence-corrected chi connectivity index (χ1v) is 8.58. The molecule has 0 spiro atoms. The maximum Gasteiger partial charge on any atom is 0.267 e. The number of rotatable bonds is 4. The number of aryl methyl sites for hydroxylation is 2. The Labute approximate surface area is 136 Å². The normalized spacial score (nSPS) is 11.5. The van der Waals surface area contributed by atoms with Crippen molar-refractivity contribution >= 4 is 31.9 Å². The van der Waals surface area contributed by atoms with Gasteiger partial charge in [-0.3, -0.25) is 14.9 Å². The Balaban J connectivity index is 2.20. The molecule has 7 nitrogen and oxygen atoms in total. The van der Waals surface area contributed by atoms with Crippen LogP contribution in [0.15, 0.2) is 33.6 Å². The summed E-state index contributed by atoms with van der Waals surface area (Å²) < 4.78 is 26.7. The second kappa shape index (κ2) is 6.19. The molecule has 2 N–H and O–H groups in total. The van der Waals surface area contributed by atoms with Crippen LogP contribution >= 0.6 is 15.9 Å². The fourth-order valence-corrected chi connectivity index (χ4v) is 3.77. The van der Waals surface area contributed by atoms with Crippen molar-refractivity contribution in [3.8, 4) is 0 Å². The van der Waals surface area contributed by atoms with Crippen molar-refractivity contribution in [3.05, 3.63) is 45.7 Å². The number of nitrogens with one attached hydrogen (secondary N) is 2. The maximum atomic E-state index is 12.3. The second-order valence-electron chi connectivity index (χ2n) is 4.66. The van der Waals surface area contributed by atoms with Gasteiger partial charge in [-0.15, -0.1) is 4.83 Å². The molecule has 0 saturated heterocycles. The van der Waals surface area contributed by atoms with Gasteiger partial charge in [-0.2, -0.15) is 5.10 Å². The van der Waals surface area contributed by atoms with E-state index in [1.807, 2.05) is 0 Å². The van der Waals surface area contributed by atoms with E-state index in [1.54, 1.807) is 45.2 Å². The Bertz CT molecular complexity index is 830. The first-order valence-electron chi connectivity index (χ1n) is 6.31. The van der Waals surface area contributed by atoms with Crippen LogP contribution in [0.4, 0.5) is 0 Å². The number of hydrogen-bond donors (Lipinski definition) is 2. The number of aromatic nitrogens is 2. The highest BCUT2D eigenvalue weighted by Crippen LogP contribution is 2.18. The Morgan fingerprint density at radius 2 is 1.91 bits per heavy atom. The van der Waals surface area contributed by atoms with Crippen LogP contribution in [0.5, 0.6) is 0 Å². The third-order valence-electron chi connectivity index (χ3n) is 3.13. The first-order chi connectivity index (χ1) is 10.2. The average Bonchev–Trinajstić information content (AvgIpc) is 2.70. The van der Waals surface area contributed by atoms with Gasteiger partial charge in [0, 0.05) is 11.5 Å². The molecule has 2 rings (SSSR count). The van der Waals surface area contributed by atoms with Crippen molar-refractivity contribution < 1.29 is 13.2 Å². The number of hydrazine groups is 1. The van der Waals surface area contributed by atoms with Gasteiger partial charge >= 0.3 is 0 Å². The van der Waals surface area contributed by atoms with Crippen LogP contribution in [0.3, 0.4) is 0 Å². The predicted molar refractivity (Wildman–Crippen MR) is 84.6 cm³/mol. The molecule has 0 fully saturated rings. The van der Waals surface area contributed by atoms with E-state index >= 15 is 0 Å². The molecule has 0 saturated carbocycles. The van der Waals surface area contributed by atoms with Crippen molar-refractivity contribution in [1.82, 2.24) is 20.0 Å². The van der Waals surface area contributed by atoms with E-state index < -0.39 is 15.9 Å². The van der Waals surface area contributed by atoms with Crippen LogP contribution < -0.4 is 10.3 Å². The number of hydrogen-bond acceptors (Lipinski definition) is 4. The van der Waals surface area contributed by atoms with Crippen LogP contribution in [0.2, 0.25) is 0 Å². The molecule has 0 aliphatic carbocycles. The van der Waals surface area contributed by atoms with Gasteiger partial charge in [0.25, 0.3) is 15.9 Å². The van der Waals surface area contributed by atoms with Crippen molar-refractivity contribution in [3.63, 3.8) is 0 Å². The molecule has 22 heavy (non-hydrogen) atoms. The fraction of sp³-hybridized carbons (Fsp3) is 0.231. The monoisotopic (exact) mass is 386 g/mol. The number of benzene rings is 1. The van der Waals surface area contributed by atoms with E-state index in [9.17, 15) is 13.2 Å². The summed E-state index contributed by atoms with van der Waals surface area (Å²) in [7, 11) is -2.24. The zero-order valence-corrected chi connectivity index (χ0v) is 14.6. The molecule has 0 aliphatic heterocycles. The molecule has 0 radical (unpaired) electrons. The largest absolute Gasteiger partial charge is 0.273 e. The summed E-state index contributed by atoms with van der Waals surface area (Å²) >= 11 is 3.24. The van der Waals surface area contributed by atoms with Gasteiger partial charge in [-0.25, -0.2) is 8.42 Å². The smallest absolute Gasteiger partial charge is 0.267 e. The highest BCUT2D eigenvalue weighted by molar-refractivity contribution is 9.10. The molecule has 2 aromatic rings. The van der Waals surface area contributed by atoms with Gasteiger partial charge < -0.3 is 0 Å². The second-order valence-corrected chi connectivity index (χ2v) is 7.14. The minimum atomic E-state index is -3.90. The van der Waals surface area contributed by atoms with Gasteiger partial charge in [-0.1, -0.05) is 12.1 Å². The summed E-state index contributed by atoms with van der Waals surface area (Å²) in [6, 6.07) is 6.71. The molecular weight excluding hydrogens is 372 g/mol. The minimum absolute atomic E-state index is 0.0578. The van der Waals surface area contributed by atoms with Crippen LogP contribution in [0, 0.1) is 13.8 Å². The maximum absolute atomic E-state index is 12.3. The van der Waals surface area contributed by atoms with Crippen LogP contribution in [-0.2, 0) is 17.1 Å². The van der Waals surface area contributed by atoms with Gasteiger partial charge in [-0.05, 0) is 41.9 Å². The topological polar surface area (TPSA) is 93.1 Å². The molecule has 1 heterocycles. The van der Waals surface area contributed by atoms with Crippen molar-refractivity contribution in [2.75, 3.05) is 0 Å². The minimum Gasteiger partial charge on any atom is -0.273 e. The SMILES string of the molecule is Cc1nn(C)c(C)c1S(=O)(=O)NNC(=O)c1ccccc1Br. The molecule has 0 unspecified atom stereocenters. The number of carbonyl (C=O) groups excluding carboxylic acids is 1. The zero-order chi connectivity index (χ0) is 16.5. The highest BCUT2D eigenvalue weighted by Gasteiger charge is 2.24. The number of amides is 1. The summed E-state index contributed by atoms with van der Waals surface area (Å²) in [6.45, 7) is 3.24. The quantitative estimate of drug-likeness (QED) is 0.777. The third kappa shape index (κ3) is 3.21. The molecule has 0 aliphatic rings. The van der Waals surface area contributed by atoms with E-state index in [4.69, 9.17) is 0 Å². The molecule has 1 amide bonds. The lowest BCUT2D eigenvalue weighted by atomic mass is 10.2. The highest BCUT2D eigenvalue weighted by atomic mass is 79.9. The van der Waals surface area contributed by atoms with Gasteiger partial charge in [0.05, 0.1) is 17.0 Å². The zero-order valence-electron chi connectivity index (χ0n) is 12.2. The number of nitrogens with zero attached hydrogens (tertiary/aromatic N) is 2. The van der Waals surface area contributed by atoms with Crippen LogP contribution in [0.25, 0.3) is 0 Å². The van der Waals surface area contributed by atoms with Crippen molar-refractivity contribution in [1.29, 1.82) is 0 Å². The van der Waals surface area contributed by atoms with Crippen LogP contribution in [-0.4, -0.2) is 24.1 Å². The van der Waals surface area contributed by atoms with E-state index in [-0.39, 0.29) is 4.90 Å². The molecular formula is C13H15BrN4O3S. The molecule has 1 aromatic heterocycles. The molecule has 118 valence electrons. The molecule has 1 aromatic carbocycles. The van der Waals surface area contributed by atoms with E-state index in [2.05, 4.69) is 31.3 Å². The Morgan fingerprint density at radius 3 is 2.45 bits per heavy atom.